The number of rotatable bonds is 40. The van der Waals surface area contributed by atoms with Gasteiger partial charge in [-0.3, -0.25) is 0 Å². The fourth-order valence-electron chi connectivity index (χ4n) is 15.2. The highest BCUT2D eigenvalue weighted by Gasteiger charge is 2.26. The molecule has 0 saturated heterocycles. The van der Waals surface area contributed by atoms with E-state index in [-0.39, 0.29) is 26.9 Å². The van der Waals surface area contributed by atoms with Crippen LogP contribution in [0.4, 0.5) is 0 Å². The van der Waals surface area contributed by atoms with Crippen LogP contribution in [0.2, 0.25) is 0 Å². The lowest BCUT2D eigenvalue weighted by atomic mass is 9.90. The van der Waals surface area contributed by atoms with Gasteiger partial charge in [0.25, 0.3) is 0 Å². The Kier molecular flexibility index (Phi) is 51.1. The lowest BCUT2D eigenvalue weighted by molar-refractivity contribution is 0.282. The van der Waals surface area contributed by atoms with Crippen molar-refractivity contribution in [3.8, 4) is 0 Å². The third-order valence-corrected chi connectivity index (χ3v) is 21.5. The van der Waals surface area contributed by atoms with Gasteiger partial charge >= 0.3 is 0 Å². The van der Waals surface area contributed by atoms with Crippen LogP contribution in [0.3, 0.4) is 0 Å². The zero-order valence-corrected chi connectivity index (χ0v) is 66.3. The summed E-state index contributed by atoms with van der Waals surface area (Å²) in [7, 11) is 4.04. The van der Waals surface area contributed by atoms with E-state index in [1.54, 1.807) is 27.9 Å². The zero-order valence-electron chi connectivity index (χ0n) is 66.3. The molecule has 0 bridgehead atoms. The lowest BCUT2D eigenvalue weighted by Gasteiger charge is -2.33. The fourth-order valence-corrected chi connectivity index (χ4v) is 15.2. The van der Waals surface area contributed by atoms with Crippen molar-refractivity contribution in [3.63, 3.8) is 0 Å². The quantitative estimate of drug-likeness (QED) is 0.0156. The molecule has 0 aromatic heterocycles. The molecule has 7 aliphatic carbocycles. The molecule has 0 spiro atoms. The summed E-state index contributed by atoms with van der Waals surface area (Å²) in [5.41, 5.74) is 16.1. The van der Waals surface area contributed by atoms with E-state index in [2.05, 4.69) is 281 Å². The fraction of sp³-hybridized carbons (Fsp3) is 0.546. The van der Waals surface area contributed by atoms with Crippen LogP contribution < -0.4 is 53.2 Å². The second kappa shape index (κ2) is 59.7. The van der Waals surface area contributed by atoms with Gasteiger partial charge in [-0.2, -0.15) is 0 Å². The molecular formula is C97H152N10. The average molecular weight is 1460 g/mol. The molecule has 590 valence electrons. The van der Waals surface area contributed by atoms with Crippen molar-refractivity contribution in [3.05, 3.63) is 262 Å². The first kappa shape index (κ1) is 91.5. The molecule has 6 atom stereocenters. The summed E-state index contributed by atoms with van der Waals surface area (Å²) in [4.78, 5) is 0. The Morgan fingerprint density at radius 1 is 0.336 bits per heavy atom. The molecule has 6 unspecified atom stereocenters. The van der Waals surface area contributed by atoms with Crippen LogP contribution in [0.25, 0.3) is 0 Å². The molecule has 0 heterocycles. The third-order valence-electron chi connectivity index (χ3n) is 21.5. The van der Waals surface area contributed by atoms with Gasteiger partial charge in [-0.25, -0.2) is 0 Å². The highest BCUT2D eigenvalue weighted by Crippen LogP contribution is 2.30. The molecule has 10 heteroatoms. The smallest absolute Gasteiger partial charge is 0.0518 e. The predicted molar refractivity (Wildman–Crippen MR) is 470 cm³/mol. The first-order valence-electron chi connectivity index (χ1n) is 41.8. The van der Waals surface area contributed by atoms with E-state index in [9.17, 15) is 0 Å². The third kappa shape index (κ3) is 40.4. The maximum Gasteiger partial charge on any atom is 0.0518 e. The van der Waals surface area contributed by atoms with Crippen molar-refractivity contribution < 1.29 is 0 Å². The van der Waals surface area contributed by atoms with E-state index >= 15 is 0 Å². The first-order chi connectivity index (χ1) is 51.9. The minimum absolute atomic E-state index is 0. The van der Waals surface area contributed by atoms with Gasteiger partial charge < -0.3 is 53.2 Å². The Morgan fingerprint density at radius 3 is 1.06 bits per heavy atom. The maximum atomic E-state index is 3.85. The summed E-state index contributed by atoms with van der Waals surface area (Å²) in [5, 5.41) is 36.0. The normalized spacial score (nSPS) is 19.1. The van der Waals surface area contributed by atoms with Crippen LogP contribution in [0, 0.1) is 13.8 Å². The van der Waals surface area contributed by atoms with Gasteiger partial charge in [0.1, 0.15) is 0 Å². The van der Waals surface area contributed by atoms with Gasteiger partial charge in [-0.1, -0.05) is 287 Å². The molecule has 2 saturated carbocycles. The van der Waals surface area contributed by atoms with Crippen LogP contribution >= 0.6 is 0 Å². The highest BCUT2D eigenvalue weighted by atomic mass is 15.0. The summed E-state index contributed by atoms with van der Waals surface area (Å²) in [6.45, 7) is 19.4. The van der Waals surface area contributed by atoms with Crippen LogP contribution in [0.5, 0.6) is 0 Å². The Morgan fingerprint density at radius 2 is 0.682 bits per heavy atom. The lowest BCUT2D eigenvalue weighted by Crippen LogP contribution is -2.49. The van der Waals surface area contributed by atoms with Crippen LogP contribution in [0.15, 0.2) is 228 Å². The Hall–Kier alpha value is -6.12. The van der Waals surface area contributed by atoms with Gasteiger partial charge in [0.15, 0.2) is 0 Å². The summed E-state index contributed by atoms with van der Waals surface area (Å²) in [6.07, 6.45) is 69.5. The van der Waals surface area contributed by atoms with Crippen molar-refractivity contribution in [2.75, 3.05) is 79.5 Å². The summed E-state index contributed by atoms with van der Waals surface area (Å²) < 4.78 is 0. The van der Waals surface area contributed by atoms with Crippen molar-refractivity contribution in [2.45, 2.75) is 265 Å². The SMILES string of the molecule is C.C.CCNC1CCCCC1NCCCC1=CCC=CC1.CNC(c1ccccc1)C(NCCCC1=CCC=CC1)c1ccccc1.CNCCNCCCC1=CCC=CC1.Cc1ccc(CNC2CCCCC2NCCCC2=CCC=CC2)cc1.Cc1ccc(CNCCNCCCC2=CCC=CC2)cc1. The zero-order chi connectivity index (χ0) is 73.5. The minimum Gasteiger partial charge on any atom is -0.318 e. The predicted octanol–water partition coefficient (Wildman–Crippen LogP) is 20.8. The number of allylic oxidation sites excluding steroid dienone is 20. The summed E-state index contributed by atoms with van der Waals surface area (Å²) in [6, 6.07) is 42.3. The highest BCUT2D eigenvalue weighted by molar-refractivity contribution is 5.29. The van der Waals surface area contributed by atoms with E-state index in [1.807, 2.05) is 7.05 Å². The number of nitrogens with one attached hydrogen (secondary N) is 10. The van der Waals surface area contributed by atoms with Gasteiger partial charge in [0, 0.05) is 63.4 Å². The Labute approximate surface area is 655 Å². The molecular weight excluding hydrogens is 1310 g/mol. The van der Waals surface area contributed by atoms with Gasteiger partial charge in [-0.05, 0) is 244 Å². The number of benzene rings is 4. The Balaban J connectivity index is 0.000000242. The Bertz CT molecular complexity index is 3190. The van der Waals surface area contributed by atoms with Gasteiger partial charge in [-0.15, -0.1) is 0 Å². The number of hydrogen-bond acceptors (Lipinski definition) is 10. The number of hydrogen-bond donors (Lipinski definition) is 10. The molecule has 0 amide bonds. The standard InChI is InChI=1S/C24H30N2.C23H34N2.C19H28N2.C17H30N2.C12H22N2.2CH4/c1-25-23(21-15-7-3-8-16-21)24(22-17-9-4-10-18-22)26-19-11-14-20-12-5-2-6-13-20;1-19-13-15-21(16-14-19)18-25-23-12-6-5-11-22(23)24-17-7-10-20-8-3-2-4-9-20;1-17-9-11-19(12-10-17)16-21-15-14-20-13-5-8-18-6-3-2-4-7-18;1-2-18-16-12-6-7-13-17(16)19-14-8-11-15-9-4-3-5-10-15;1-13-10-11-14-9-5-8-12-6-3-2-4-7-12;;/h2-5,7-10,13,15-18,23-26H,6,11-12,14,19H2,1H3;2-3,9,13-16,22-25H,4-8,10-12,17-18H2,1H3;2-3,7,9-12,20-21H,4-6,8,13-16H2,1H3;3-4,10,16-19H,2,5-9,11-14H2,1H3;2-3,7,13-14H,4-6,8-11H2,1H3;2*1H4. The van der Waals surface area contributed by atoms with E-state index in [4.69, 9.17) is 0 Å². The summed E-state index contributed by atoms with van der Waals surface area (Å²) >= 11 is 0. The number of aryl methyl sites for hydroxylation is 2. The minimum atomic E-state index is 0. The molecule has 7 aliphatic rings. The average Bonchev–Trinajstić information content (AvgIpc) is 0.845. The van der Waals surface area contributed by atoms with Crippen LogP contribution in [-0.2, 0) is 13.1 Å². The summed E-state index contributed by atoms with van der Waals surface area (Å²) in [5.74, 6) is 0. The second-order valence-electron chi connectivity index (χ2n) is 30.0. The molecule has 10 N–H and O–H groups in total. The molecule has 10 nitrogen and oxygen atoms in total. The number of likely N-dealkylation sites (N-methyl/N-ethyl adjacent to an activating group) is 3. The monoisotopic (exact) mass is 1460 g/mol. The molecule has 4 aromatic carbocycles. The molecule has 2 fully saturated rings. The van der Waals surface area contributed by atoms with E-state index in [1.165, 1.54) is 175 Å². The molecule has 4 aromatic rings. The van der Waals surface area contributed by atoms with Crippen molar-refractivity contribution in [2.24, 2.45) is 0 Å². The van der Waals surface area contributed by atoms with E-state index < -0.39 is 0 Å². The largest absolute Gasteiger partial charge is 0.318 e. The van der Waals surface area contributed by atoms with Crippen molar-refractivity contribution >= 4 is 0 Å². The maximum absolute atomic E-state index is 3.85. The first-order valence-corrected chi connectivity index (χ1v) is 41.8. The molecule has 0 radical (unpaired) electrons. The topological polar surface area (TPSA) is 120 Å². The van der Waals surface area contributed by atoms with Crippen molar-refractivity contribution in [1.29, 1.82) is 0 Å². The van der Waals surface area contributed by atoms with Gasteiger partial charge in [0.05, 0.1) is 12.1 Å². The second-order valence-corrected chi connectivity index (χ2v) is 30.0. The molecule has 107 heavy (non-hydrogen) atoms. The van der Waals surface area contributed by atoms with Crippen LogP contribution in [-0.4, -0.2) is 104 Å². The molecule has 0 aliphatic heterocycles. The van der Waals surface area contributed by atoms with Crippen LogP contribution in [0.1, 0.15) is 247 Å². The molecule has 11 rings (SSSR count). The van der Waals surface area contributed by atoms with Crippen molar-refractivity contribution in [1.82, 2.24) is 53.2 Å². The van der Waals surface area contributed by atoms with E-state index in [0.29, 0.717) is 24.2 Å². The van der Waals surface area contributed by atoms with Gasteiger partial charge in [0.2, 0.25) is 0 Å². The van der Waals surface area contributed by atoms with E-state index in [0.717, 1.165) is 117 Å².